The summed E-state index contributed by atoms with van der Waals surface area (Å²) in [4.78, 5) is 0. The van der Waals surface area contributed by atoms with Gasteiger partial charge in [0.2, 0.25) is 0 Å². The van der Waals surface area contributed by atoms with Gasteiger partial charge in [0.1, 0.15) is 0 Å². The summed E-state index contributed by atoms with van der Waals surface area (Å²) >= 11 is 0. The number of aliphatic hydroxyl groups is 1. The van der Waals surface area contributed by atoms with Gasteiger partial charge in [-0.25, -0.2) is 0 Å². The Morgan fingerprint density at radius 1 is 1.07 bits per heavy atom. The van der Waals surface area contributed by atoms with E-state index in [4.69, 9.17) is 0 Å². The van der Waals surface area contributed by atoms with Gasteiger partial charge in [-0.15, -0.1) is 0 Å². The van der Waals surface area contributed by atoms with Crippen LogP contribution in [0.3, 0.4) is 0 Å². The lowest BCUT2D eigenvalue weighted by Crippen LogP contribution is -2.40. The Morgan fingerprint density at radius 3 is 2.13 bits per heavy atom. The van der Waals surface area contributed by atoms with E-state index in [9.17, 15) is 18.3 Å². The van der Waals surface area contributed by atoms with E-state index in [1.807, 2.05) is 0 Å². The fourth-order valence-electron chi connectivity index (χ4n) is 2.03. The Hall–Kier alpha value is -1.03. The lowest BCUT2D eigenvalue weighted by molar-refractivity contribution is -0.201. The Bertz CT molecular complexity index is 359. The Kier molecular flexibility index (Phi) is 2.46. The van der Waals surface area contributed by atoms with Crippen molar-refractivity contribution in [1.82, 2.24) is 0 Å². The van der Waals surface area contributed by atoms with Gasteiger partial charge < -0.3 is 5.11 Å². The molecule has 2 unspecified atom stereocenters. The average molecular weight is 216 g/mol. The van der Waals surface area contributed by atoms with Gasteiger partial charge in [0, 0.05) is 0 Å². The molecule has 0 saturated heterocycles. The lowest BCUT2D eigenvalue weighted by Gasteiger charge is -2.31. The molecule has 0 fully saturated rings. The van der Waals surface area contributed by atoms with Crippen LogP contribution < -0.4 is 0 Å². The van der Waals surface area contributed by atoms with Crippen molar-refractivity contribution in [2.24, 2.45) is 5.92 Å². The highest BCUT2D eigenvalue weighted by molar-refractivity contribution is 5.31. The molecule has 0 aromatic heterocycles. The van der Waals surface area contributed by atoms with Crippen LogP contribution in [0.2, 0.25) is 0 Å². The highest BCUT2D eigenvalue weighted by atomic mass is 19.4. The minimum absolute atomic E-state index is 0.0976. The van der Waals surface area contributed by atoms with E-state index in [0.29, 0.717) is 5.56 Å². The molecular weight excluding hydrogens is 205 g/mol. The summed E-state index contributed by atoms with van der Waals surface area (Å²) in [5, 5.41) is 9.43. The molecule has 15 heavy (non-hydrogen) atoms. The number of rotatable bonds is 0. The molecule has 4 heteroatoms. The van der Waals surface area contributed by atoms with Gasteiger partial charge in [0.05, 0.1) is 12.0 Å². The molecule has 0 spiro atoms. The molecule has 0 bridgehead atoms. The van der Waals surface area contributed by atoms with Crippen molar-refractivity contribution in [1.29, 1.82) is 0 Å². The smallest absolute Gasteiger partial charge is 0.392 e. The molecular formula is C11H11F3O. The third-order valence-electron chi connectivity index (χ3n) is 2.87. The summed E-state index contributed by atoms with van der Waals surface area (Å²) in [6.45, 7) is 0. The van der Waals surface area contributed by atoms with Gasteiger partial charge in [0.15, 0.2) is 0 Å². The summed E-state index contributed by atoms with van der Waals surface area (Å²) in [5.41, 5.74) is 1.52. The van der Waals surface area contributed by atoms with Crippen LogP contribution in [0.1, 0.15) is 11.1 Å². The van der Waals surface area contributed by atoms with Crippen LogP contribution in [0, 0.1) is 5.92 Å². The zero-order valence-electron chi connectivity index (χ0n) is 7.96. The van der Waals surface area contributed by atoms with E-state index in [0.717, 1.165) is 5.56 Å². The van der Waals surface area contributed by atoms with Crippen LogP contribution in [0.25, 0.3) is 0 Å². The Balaban J connectivity index is 2.30. The third-order valence-corrected chi connectivity index (χ3v) is 2.87. The summed E-state index contributed by atoms with van der Waals surface area (Å²) < 4.78 is 37.6. The summed E-state index contributed by atoms with van der Waals surface area (Å²) in [6, 6.07) is 6.97. The largest absolute Gasteiger partial charge is 0.394 e. The van der Waals surface area contributed by atoms with Crippen LogP contribution >= 0.6 is 0 Å². The second-order valence-electron chi connectivity index (χ2n) is 3.89. The van der Waals surface area contributed by atoms with Gasteiger partial charge in [-0.2, -0.15) is 13.2 Å². The molecule has 0 aliphatic heterocycles. The topological polar surface area (TPSA) is 20.2 Å². The van der Waals surface area contributed by atoms with Crippen molar-refractivity contribution >= 4 is 0 Å². The number of alkyl halides is 3. The number of fused-ring (bicyclic) bond motifs is 1. The summed E-state index contributed by atoms with van der Waals surface area (Å²) in [7, 11) is 0. The first kappa shape index (κ1) is 10.5. The first-order valence-corrected chi connectivity index (χ1v) is 4.80. The average Bonchev–Trinajstić information content (AvgIpc) is 2.15. The first-order valence-electron chi connectivity index (χ1n) is 4.80. The molecule has 1 aliphatic carbocycles. The number of hydrogen-bond donors (Lipinski definition) is 1. The monoisotopic (exact) mass is 216 g/mol. The molecule has 1 N–H and O–H groups in total. The second kappa shape index (κ2) is 3.52. The highest BCUT2D eigenvalue weighted by Gasteiger charge is 2.46. The van der Waals surface area contributed by atoms with Crippen LogP contribution in [0.4, 0.5) is 13.2 Å². The molecule has 1 aromatic carbocycles. The molecule has 1 nitrogen and oxygen atoms in total. The van der Waals surface area contributed by atoms with Crippen molar-refractivity contribution in [2.45, 2.75) is 25.1 Å². The van der Waals surface area contributed by atoms with Crippen molar-refractivity contribution in [3.8, 4) is 0 Å². The van der Waals surface area contributed by atoms with Gasteiger partial charge in [-0.3, -0.25) is 0 Å². The minimum Gasteiger partial charge on any atom is -0.392 e. The third kappa shape index (κ3) is 2.00. The number of benzene rings is 1. The van der Waals surface area contributed by atoms with Gasteiger partial charge in [-0.1, -0.05) is 24.3 Å². The van der Waals surface area contributed by atoms with Crippen LogP contribution in [0.15, 0.2) is 24.3 Å². The maximum absolute atomic E-state index is 12.5. The number of hydrogen-bond acceptors (Lipinski definition) is 1. The van der Waals surface area contributed by atoms with Crippen molar-refractivity contribution in [2.75, 3.05) is 0 Å². The zero-order valence-corrected chi connectivity index (χ0v) is 7.96. The highest BCUT2D eigenvalue weighted by Crippen LogP contribution is 2.37. The SMILES string of the molecule is OC1Cc2ccccc2CC1C(F)(F)F. The standard InChI is InChI=1S/C11H11F3O/c12-11(13,14)9-5-7-3-1-2-4-8(7)6-10(9)15/h1-4,9-10,15H,5-6H2. The van der Waals surface area contributed by atoms with E-state index in [-0.39, 0.29) is 12.8 Å². The summed E-state index contributed by atoms with van der Waals surface area (Å²) in [6.07, 6.45) is -5.63. The van der Waals surface area contributed by atoms with Gasteiger partial charge in [0.25, 0.3) is 0 Å². The van der Waals surface area contributed by atoms with Gasteiger partial charge >= 0.3 is 6.18 Å². The predicted molar refractivity (Wildman–Crippen MR) is 49.4 cm³/mol. The second-order valence-corrected chi connectivity index (χ2v) is 3.89. The Morgan fingerprint density at radius 2 is 1.60 bits per heavy atom. The van der Waals surface area contributed by atoms with Crippen molar-refractivity contribution in [3.05, 3.63) is 35.4 Å². The molecule has 1 aliphatic rings. The minimum atomic E-state index is -4.31. The fraction of sp³-hybridized carbons (Fsp3) is 0.455. The Labute approximate surface area is 85.5 Å². The van der Waals surface area contributed by atoms with E-state index in [1.54, 1.807) is 24.3 Å². The molecule has 82 valence electrons. The lowest BCUT2D eigenvalue weighted by atomic mass is 9.81. The number of aliphatic hydroxyl groups excluding tert-OH is 1. The summed E-state index contributed by atoms with van der Waals surface area (Å²) in [5.74, 6) is -1.62. The zero-order chi connectivity index (χ0) is 11.1. The van der Waals surface area contributed by atoms with E-state index < -0.39 is 18.2 Å². The predicted octanol–water partition coefficient (Wildman–Crippen LogP) is 2.32. The van der Waals surface area contributed by atoms with E-state index in [2.05, 4.69) is 0 Å². The van der Waals surface area contributed by atoms with Crippen molar-refractivity contribution < 1.29 is 18.3 Å². The quantitative estimate of drug-likeness (QED) is 0.705. The maximum atomic E-state index is 12.5. The van der Waals surface area contributed by atoms with E-state index in [1.165, 1.54) is 0 Å². The van der Waals surface area contributed by atoms with Crippen LogP contribution in [0.5, 0.6) is 0 Å². The molecule has 1 aromatic rings. The fourth-order valence-corrected chi connectivity index (χ4v) is 2.03. The van der Waals surface area contributed by atoms with E-state index >= 15 is 0 Å². The molecule has 0 radical (unpaired) electrons. The molecule has 0 heterocycles. The first-order chi connectivity index (χ1) is 6.98. The van der Waals surface area contributed by atoms with Crippen LogP contribution in [-0.4, -0.2) is 17.4 Å². The molecule has 0 amide bonds. The maximum Gasteiger partial charge on any atom is 0.394 e. The molecule has 2 atom stereocenters. The van der Waals surface area contributed by atoms with Crippen molar-refractivity contribution in [3.63, 3.8) is 0 Å². The molecule has 2 rings (SSSR count). The molecule has 0 saturated carbocycles. The van der Waals surface area contributed by atoms with Crippen LogP contribution in [-0.2, 0) is 12.8 Å². The number of halogens is 3. The normalized spacial score (nSPS) is 26.1. The van der Waals surface area contributed by atoms with Gasteiger partial charge in [-0.05, 0) is 24.0 Å².